The summed E-state index contributed by atoms with van der Waals surface area (Å²) in [4.78, 5) is 11.5. The van der Waals surface area contributed by atoms with E-state index in [9.17, 15) is 4.79 Å². The van der Waals surface area contributed by atoms with E-state index in [4.69, 9.17) is 16.3 Å². The van der Waals surface area contributed by atoms with Crippen LogP contribution in [-0.2, 0) is 16.0 Å². The molecule has 1 aromatic carbocycles. The predicted molar refractivity (Wildman–Crippen MR) is 59.8 cm³/mol. The van der Waals surface area contributed by atoms with E-state index >= 15 is 0 Å². The number of halogens is 1. The minimum Gasteiger partial charge on any atom is -0.465 e. The molecule has 0 saturated carbocycles. The molecule has 0 fully saturated rings. The van der Waals surface area contributed by atoms with E-state index in [1.54, 1.807) is 6.07 Å². The topological polar surface area (TPSA) is 26.3 Å². The Morgan fingerprint density at radius 1 is 1.47 bits per heavy atom. The number of methoxy groups -OCH3 is 1. The van der Waals surface area contributed by atoms with E-state index in [0.29, 0.717) is 10.6 Å². The number of carbonyl (C=O) groups excluding carboxylic acids is 1. The Morgan fingerprint density at radius 3 is 3.00 bits per heavy atom. The van der Waals surface area contributed by atoms with Crippen molar-refractivity contribution in [1.82, 2.24) is 0 Å². The number of ether oxygens (including phenoxy) is 1. The maximum atomic E-state index is 11.5. The Hall–Kier alpha value is -1.28. The van der Waals surface area contributed by atoms with Gasteiger partial charge in [-0.25, -0.2) is 4.79 Å². The van der Waals surface area contributed by atoms with Gasteiger partial charge in [0.05, 0.1) is 12.7 Å². The Bertz CT molecular complexity index is 435. The van der Waals surface area contributed by atoms with Crippen molar-refractivity contribution < 1.29 is 9.53 Å². The third-order valence-corrected chi connectivity index (χ3v) is 2.76. The highest BCUT2D eigenvalue weighted by molar-refractivity contribution is 6.30. The summed E-state index contributed by atoms with van der Waals surface area (Å²) in [7, 11) is 1.40. The van der Waals surface area contributed by atoms with Crippen molar-refractivity contribution in [1.29, 1.82) is 0 Å². The van der Waals surface area contributed by atoms with Crippen LogP contribution in [0.2, 0.25) is 5.02 Å². The average Bonchev–Trinajstić information content (AvgIpc) is 2.26. The van der Waals surface area contributed by atoms with Gasteiger partial charge in [-0.3, -0.25) is 0 Å². The van der Waals surface area contributed by atoms with Gasteiger partial charge in [0.1, 0.15) is 0 Å². The number of hydrogen-bond donors (Lipinski definition) is 0. The molecule has 1 aliphatic rings. The van der Waals surface area contributed by atoms with Gasteiger partial charge in [-0.15, -0.1) is 0 Å². The third kappa shape index (κ3) is 1.90. The molecule has 2 nitrogen and oxygen atoms in total. The summed E-state index contributed by atoms with van der Waals surface area (Å²) < 4.78 is 4.74. The van der Waals surface area contributed by atoms with Crippen molar-refractivity contribution in [2.75, 3.05) is 7.11 Å². The summed E-state index contributed by atoms with van der Waals surface area (Å²) in [5.74, 6) is -0.279. The lowest BCUT2D eigenvalue weighted by Gasteiger charge is -2.16. The molecule has 0 atom stereocenters. The van der Waals surface area contributed by atoms with Crippen LogP contribution in [-0.4, -0.2) is 13.1 Å². The molecule has 0 heterocycles. The van der Waals surface area contributed by atoms with E-state index in [2.05, 4.69) is 0 Å². The van der Waals surface area contributed by atoms with E-state index in [0.717, 1.165) is 24.0 Å². The fourth-order valence-corrected chi connectivity index (χ4v) is 2.01. The minimum absolute atomic E-state index is 0.279. The number of rotatable bonds is 1. The SMILES string of the molecule is COC(=O)C1=CCCc2cc(Cl)ccc21. The Balaban J connectivity index is 2.47. The van der Waals surface area contributed by atoms with Gasteiger partial charge in [-0.2, -0.15) is 0 Å². The molecule has 0 saturated heterocycles. The molecule has 0 aromatic heterocycles. The molecule has 15 heavy (non-hydrogen) atoms. The molecule has 1 aliphatic carbocycles. The highest BCUT2D eigenvalue weighted by atomic mass is 35.5. The van der Waals surface area contributed by atoms with Gasteiger partial charge in [0.15, 0.2) is 0 Å². The smallest absolute Gasteiger partial charge is 0.338 e. The van der Waals surface area contributed by atoms with Crippen LogP contribution in [0.1, 0.15) is 17.5 Å². The number of fused-ring (bicyclic) bond motifs is 1. The number of aryl methyl sites for hydroxylation is 1. The summed E-state index contributed by atoms with van der Waals surface area (Å²) in [5.41, 5.74) is 2.71. The zero-order valence-electron chi connectivity index (χ0n) is 8.42. The highest BCUT2D eigenvalue weighted by Gasteiger charge is 2.18. The van der Waals surface area contributed by atoms with Crippen LogP contribution < -0.4 is 0 Å². The predicted octanol–water partition coefficient (Wildman–Crippen LogP) is 2.84. The van der Waals surface area contributed by atoms with Crippen LogP contribution in [0.25, 0.3) is 5.57 Å². The summed E-state index contributed by atoms with van der Waals surface area (Å²) in [6.45, 7) is 0. The van der Waals surface area contributed by atoms with Crippen LogP contribution in [0.5, 0.6) is 0 Å². The van der Waals surface area contributed by atoms with Crippen molar-refractivity contribution in [2.24, 2.45) is 0 Å². The number of esters is 1. The molecule has 3 heteroatoms. The normalized spacial score (nSPS) is 14.1. The first kappa shape index (κ1) is 10.2. The lowest BCUT2D eigenvalue weighted by atomic mass is 9.91. The molecule has 0 spiro atoms. The maximum absolute atomic E-state index is 11.5. The van der Waals surface area contributed by atoms with E-state index in [-0.39, 0.29) is 5.97 Å². The van der Waals surface area contributed by atoms with Gasteiger partial charge < -0.3 is 4.74 Å². The molecule has 0 amide bonds. The minimum atomic E-state index is -0.279. The van der Waals surface area contributed by atoms with Crippen LogP contribution in [0.4, 0.5) is 0 Å². The summed E-state index contributed by atoms with van der Waals surface area (Å²) in [6, 6.07) is 5.58. The largest absolute Gasteiger partial charge is 0.465 e. The third-order valence-electron chi connectivity index (χ3n) is 2.52. The molecule has 2 rings (SSSR count). The molecular weight excluding hydrogens is 212 g/mol. The number of allylic oxidation sites excluding steroid dienone is 1. The molecule has 0 radical (unpaired) electrons. The maximum Gasteiger partial charge on any atom is 0.338 e. The quantitative estimate of drug-likeness (QED) is 0.683. The average molecular weight is 223 g/mol. The lowest BCUT2D eigenvalue weighted by Crippen LogP contribution is -2.09. The first-order valence-electron chi connectivity index (χ1n) is 4.79. The van der Waals surface area contributed by atoms with E-state index in [1.165, 1.54) is 7.11 Å². The fourth-order valence-electron chi connectivity index (χ4n) is 1.82. The van der Waals surface area contributed by atoms with E-state index in [1.807, 2.05) is 18.2 Å². The van der Waals surface area contributed by atoms with Gasteiger partial charge in [-0.05, 0) is 36.1 Å². The second kappa shape index (κ2) is 4.07. The van der Waals surface area contributed by atoms with Crippen LogP contribution in [0.15, 0.2) is 24.3 Å². The number of hydrogen-bond acceptors (Lipinski definition) is 2. The molecule has 0 unspecified atom stereocenters. The van der Waals surface area contributed by atoms with Gasteiger partial charge >= 0.3 is 5.97 Å². The lowest BCUT2D eigenvalue weighted by molar-refractivity contribution is -0.133. The van der Waals surface area contributed by atoms with Crippen molar-refractivity contribution in [2.45, 2.75) is 12.8 Å². The van der Waals surface area contributed by atoms with Crippen LogP contribution in [0, 0.1) is 0 Å². The van der Waals surface area contributed by atoms with Gasteiger partial charge in [0, 0.05) is 5.02 Å². The Labute approximate surface area is 93.5 Å². The van der Waals surface area contributed by atoms with Crippen molar-refractivity contribution in [3.63, 3.8) is 0 Å². The van der Waals surface area contributed by atoms with Gasteiger partial charge in [-0.1, -0.05) is 23.7 Å². The Morgan fingerprint density at radius 2 is 2.27 bits per heavy atom. The zero-order chi connectivity index (χ0) is 10.8. The van der Waals surface area contributed by atoms with Gasteiger partial charge in [0.25, 0.3) is 0 Å². The molecular formula is C12H11ClO2. The molecule has 1 aromatic rings. The number of carbonyl (C=O) groups is 1. The van der Waals surface area contributed by atoms with Crippen LogP contribution in [0.3, 0.4) is 0 Å². The number of benzene rings is 1. The second-order valence-electron chi connectivity index (χ2n) is 3.45. The first-order chi connectivity index (χ1) is 7.22. The van der Waals surface area contributed by atoms with Crippen molar-refractivity contribution in [3.8, 4) is 0 Å². The van der Waals surface area contributed by atoms with E-state index < -0.39 is 0 Å². The molecule has 78 valence electrons. The van der Waals surface area contributed by atoms with Crippen LogP contribution >= 0.6 is 11.6 Å². The standard InChI is InChI=1S/C12H11ClO2/c1-15-12(14)11-4-2-3-8-7-9(13)5-6-10(8)11/h4-7H,2-3H2,1H3. The highest BCUT2D eigenvalue weighted by Crippen LogP contribution is 2.29. The van der Waals surface area contributed by atoms with Crippen molar-refractivity contribution in [3.05, 3.63) is 40.4 Å². The monoisotopic (exact) mass is 222 g/mol. The Kier molecular flexibility index (Phi) is 2.78. The molecule has 0 N–H and O–H groups in total. The first-order valence-corrected chi connectivity index (χ1v) is 5.17. The zero-order valence-corrected chi connectivity index (χ0v) is 9.17. The van der Waals surface area contributed by atoms with Gasteiger partial charge in [0.2, 0.25) is 0 Å². The molecule has 0 aliphatic heterocycles. The molecule has 0 bridgehead atoms. The van der Waals surface area contributed by atoms with Crippen molar-refractivity contribution >= 4 is 23.1 Å². The fraction of sp³-hybridized carbons (Fsp3) is 0.250. The second-order valence-corrected chi connectivity index (χ2v) is 3.89. The summed E-state index contributed by atoms with van der Waals surface area (Å²) in [5, 5.41) is 0.708. The summed E-state index contributed by atoms with van der Waals surface area (Å²) >= 11 is 5.90. The summed E-state index contributed by atoms with van der Waals surface area (Å²) in [6.07, 6.45) is 3.70.